The molecule has 0 radical (unpaired) electrons. The normalized spacial score (nSPS) is 11.7. The van der Waals surface area contributed by atoms with Gasteiger partial charge < -0.3 is 0 Å². The Balaban J connectivity index is 1.93. The number of benzene rings is 2. The van der Waals surface area contributed by atoms with Crippen molar-refractivity contribution in [2.45, 2.75) is 45.4 Å². The van der Waals surface area contributed by atoms with Crippen molar-refractivity contribution in [1.29, 1.82) is 0 Å². The van der Waals surface area contributed by atoms with Crippen LogP contribution >= 0.6 is 0 Å². The van der Waals surface area contributed by atoms with Gasteiger partial charge in [-0.2, -0.15) is 10.2 Å². The lowest BCUT2D eigenvalue weighted by Gasteiger charge is -2.03. The molecule has 6 heteroatoms. The summed E-state index contributed by atoms with van der Waals surface area (Å²) >= 11 is 0. The second-order valence-corrected chi connectivity index (χ2v) is 6.31. The molecule has 2 aromatic carbocycles. The number of aryl methyl sites for hydroxylation is 1. The van der Waals surface area contributed by atoms with Gasteiger partial charge in [0.2, 0.25) is 0 Å². The molecule has 0 aromatic heterocycles. The largest absolute Gasteiger partial charge is 0.206 e. The first-order chi connectivity index (χ1) is 13.0. The predicted octanol–water partition coefficient (Wildman–Crippen LogP) is 6.21. The lowest BCUT2D eigenvalue weighted by molar-refractivity contribution is 0.447. The average Bonchev–Trinajstić information content (AvgIpc) is 2.64. The Kier molecular flexibility index (Phi) is 8.17. The highest BCUT2D eigenvalue weighted by atomic mass is 19.2. The number of unbranched alkanes of at least 4 members (excludes halogenated alkanes) is 4. The van der Waals surface area contributed by atoms with Crippen LogP contribution in [0.5, 0.6) is 0 Å². The number of halogens is 4. The third-order valence-corrected chi connectivity index (χ3v) is 4.11. The monoisotopic (exact) mass is 378 g/mol. The van der Waals surface area contributed by atoms with Crippen LogP contribution in [-0.2, 0) is 6.42 Å². The van der Waals surface area contributed by atoms with E-state index in [2.05, 4.69) is 17.1 Å². The van der Waals surface area contributed by atoms with Crippen molar-refractivity contribution in [3.8, 4) is 0 Å². The fraction of sp³-hybridized carbons (Fsp3) is 0.333. The number of hydrogen-bond donors (Lipinski definition) is 0. The molecule has 0 aliphatic carbocycles. The van der Waals surface area contributed by atoms with Gasteiger partial charge in [-0.3, -0.25) is 0 Å². The molecule has 0 aliphatic heterocycles. The minimum Gasteiger partial charge on any atom is -0.206 e. The van der Waals surface area contributed by atoms with E-state index in [1.807, 2.05) is 6.07 Å². The van der Waals surface area contributed by atoms with E-state index in [-0.39, 0.29) is 11.1 Å². The summed E-state index contributed by atoms with van der Waals surface area (Å²) in [6.45, 7) is 2.16. The number of rotatable bonds is 9. The van der Waals surface area contributed by atoms with Gasteiger partial charge in [-0.15, -0.1) is 0 Å². The lowest BCUT2D eigenvalue weighted by Crippen LogP contribution is -1.94. The van der Waals surface area contributed by atoms with E-state index >= 15 is 0 Å². The summed E-state index contributed by atoms with van der Waals surface area (Å²) in [5.74, 6) is -4.56. The molecule has 0 saturated carbocycles. The molecule has 0 bridgehead atoms. The first-order valence-corrected chi connectivity index (χ1v) is 9.00. The SMILES string of the molecule is CCCCCCCc1ccc(/C=N/N=C/c2cc(F)c(F)c(F)c2)c(F)c1. The molecule has 0 unspecified atom stereocenters. The lowest BCUT2D eigenvalue weighted by atomic mass is 10.0. The van der Waals surface area contributed by atoms with Crippen molar-refractivity contribution >= 4 is 12.4 Å². The highest BCUT2D eigenvalue weighted by Crippen LogP contribution is 2.14. The average molecular weight is 378 g/mol. The van der Waals surface area contributed by atoms with E-state index in [1.54, 1.807) is 6.07 Å². The van der Waals surface area contributed by atoms with E-state index in [1.165, 1.54) is 31.5 Å². The number of nitrogens with zero attached hydrogens (tertiary/aromatic N) is 2. The van der Waals surface area contributed by atoms with Gasteiger partial charge in [-0.25, -0.2) is 17.6 Å². The third-order valence-electron chi connectivity index (χ3n) is 4.11. The smallest absolute Gasteiger partial charge is 0.194 e. The van der Waals surface area contributed by atoms with Gasteiger partial charge in [0.25, 0.3) is 0 Å². The molecule has 0 aliphatic rings. The maximum Gasteiger partial charge on any atom is 0.194 e. The number of hydrogen-bond acceptors (Lipinski definition) is 2. The van der Waals surface area contributed by atoms with Crippen molar-refractivity contribution in [2.75, 3.05) is 0 Å². The van der Waals surface area contributed by atoms with Crippen molar-refractivity contribution in [2.24, 2.45) is 10.2 Å². The Labute approximate surface area is 156 Å². The molecule has 2 aromatic rings. The van der Waals surface area contributed by atoms with Crippen LogP contribution in [0.15, 0.2) is 40.5 Å². The maximum atomic E-state index is 14.1. The standard InChI is InChI=1S/C21H22F4N2/c1-2-3-4-5-6-7-15-8-9-17(18(22)10-15)14-27-26-13-16-11-19(23)21(25)20(24)12-16/h8-14H,2-7H2,1H3/b26-13+,27-14+. The van der Waals surface area contributed by atoms with Gasteiger partial charge >= 0.3 is 0 Å². The summed E-state index contributed by atoms with van der Waals surface area (Å²) in [5, 5.41) is 7.28. The zero-order valence-corrected chi connectivity index (χ0v) is 15.2. The van der Waals surface area contributed by atoms with Gasteiger partial charge in [-0.1, -0.05) is 44.7 Å². The molecule has 0 amide bonds. The molecule has 0 spiro atoms. The molecule has 0 N–H and O–H groups in total. The van der Waals surface area contributed by atoms with E-state index in [9.17, 15) is 17.6 Å². The van der Waals surface area contributed by atoms with Crippen LogP contribution in [0, 0.1) is 23.3 Å². The van der Waals surface area contributed by atoms with Crippen LogP contribution < -0.4 is 0 Å². The Bertz CT molecular complexity index is 793. The van der Waals surface area contributed by atoms with Crippen LogP contribution in [-0.4, -0.2) is 12.4 Å². The highest BCUT2D eigenvalue weighted by Gasteiger charge is 2.09. The molecule has 144 valence electrons. The Morgan fingerprint density at radius 3 is 2.11 bits per heavy atom. The van der Waals surface area contributed by atoms with E-state index in [4.69, 9.17) is 0 Å². The van der Waals surface area contributed by atoms with Gasteiger partial charge in [0.1, 0.15) is 5.82 Å². The zero-order chi connectivity index (χ0) is 19.6. The second-order valence-electron chi connectivity index (χ2n) is 6.31. The van der Waals surface area contributed by atoms with Gasteiger partial charge in [0.15, 0.2) is 17.5 Å². The summed E-state index contributed by atoms with van der Waals surface area (Å²) in [6, 6.07) is 6.54. The van der Waals surface area contributed by atoms with Crippen LogP contribution in [0.1, 0.15) is 55.7 Å². The van der Waals surface area contributed by atoms with Crippen molar-refractivity contribution in [3.63, 3.8) is 0 Å². The molecule has 0 saturated heterocycles. The van der Waals surface area contributed by atoms with E-state index in [0.29, 0.717) is 0 Å². The summed E-state index contributed by atoms with van der Waals surface area (Å²) in [4.78, 5) is 0. The Morgan fingerprint density at radius 1 is 0.778 bits per heavy atom. The minimum absolute atomic E-state index is 0.0162. The molecule has 0 fully saturated rings. The molecule has 0 heterocycles. The third kappa shape index (κ3) is 6.62. The zero-order valence-electron chi connectivity index (χ0n) is 15.2. The van der Waals surface area contributed by atoms with Crippen LogP contribution in [0.2, 0.25) is 0 Å². The summed E-state index contributed by atoms with van der Waals surface area (Å²) < 4.78 is 53.1. The maximum absolute atomic E-state index is 14.1. The summed E-state index contributed by atoms with van der Waals surface area (Å²) in [7, 11) is 0. The quantitative estimate of drug-likeness (QED) is 0.163. The second kappa shape index (κ2) is 10.6. The topological polar surface area (TPSA) is 24.7 Å². The molecule has 2 nitrogen and oxygen atoms in total. The van der Waals surface area contributed by atoms with Crippen molar-refractivity contribution in [1.82, 2.24) is 0 Å². The fourth-order valence-electron chi connectivity index (χ4n) is 2.61. The van der Waals surface area contributed by atoms with Gasteiger partial charge in [-0.05, 0) is 36.6 Å². The van der Waals surface area contributed by atoms with Crippen molar-refractivity contribution in [3.05, 3.63) is 70.3 Å². The summed E-state index contributed by atoms with van der Waals surface area (Å²) in [6.07, 6.45) is 8.89. The molecule has 2 rings (SSSR count). The Morgan fingerprint density at radius 2 is 1.44 bits per heavy atom. The van der Waals surface area contributed by atoms with E-state index < -0.39 is 23.3 Å². The summed E-state index contributed by atoms with van der Waals surface area (Å²) in [5.41, 5.74) is 1.21. The highest BCUT2D eigenvalue weighted by molar-refractivity contribution is 5.82. The van der Waals surface area contributed by atoms with E-state index in [0.717, 1.165) is 43.2 Å². The first kappa shape index (κ1) is 20.8. The molecular weight excluding hydrogens is 356 g/mol. The van der Waals surface area contributed by atoms with Crippen LogP contribution in [0.25, 0.3) is 0 Å². The molecule has 27 heavy (non-hydrogen) atoms. The predicted molar refractivity (Wildman–Crippen MR) is 100 cm³/mol. The van der Waals surface area contributed by atoms with Crippen LogP contribution in [0.4, 0.5) is 17.6 Å². The van der Waals surface area contributed by atoms with Gasteiger partial charge in [0.05, 0.1) is 12.4 Å². The molecule has 0 atom stereocenters. The van der Waals surface area contributed by atoms with Gasteiger partial charge in [0, 0.05) is 11.1 Å². The first-order valence-electron chi connectivity index (χ1n) is 9.00. The Hall–Kier alpha value is -2.50. The van der Waals surface area contributed by atoms with Crippen LogP contribution in [0.3, 0.4) is 0 Å². The fourth-order valence-corrected chi connectivity index (χ4v) is 2.61. The molecular formula is C21H22F4N2. The van der Waals surface area contributed by atoms with Crippen molar-refractivity contribution < 1.29 is 17.6 Å². The minimum atomic E-state index is -1.54.